The highest BCUT2D eigenvalue weighted by atomic mass is 16.5. The van der Waals surface area contributed by atoms with Gasteiger partial charge in [0.1, 0.15) is 5.54 Å². The van der Waals surface area contributed by atoms with Crippen molar-refractivity contribution in [2.24, 2.45) is 5.92 Å². The molecule has 18 heavy (non-hydrogen) atoms. The molecule has 0 aromatic carbocycles. The van der Waals surface area contributed by atoms with Crippen molar-refractivity contribution in [1.29, 1.82) is 0 Å². The van der Waals surface area contributed by atoms with Gasteiger partial charge in [-0.2, -0.15) is 0 Å². The standard InChI is InChI=1S/C14H29NO3/c1-6-12(4)11-14(7-2,13(16)18-8-3)15-9-10-17-5/h12,15H,6-11H2,1-5H3. The summed E-state index contributed by atoms with van der Waals surface area (Å²) in [6.45, 7) is 9.87. The van der Waals surface area contributed by atoms with Crippen LogP contribution in [0.1, 0.15) is 47.0 Å². The maximum absolute atomic E-state index is 12.2. The Balaban J connectivity index is 4.75. The molecule has 1 N–H and O–H groups in total. The molecule has 0 spiro atoms. The van der Waals surface area contributed by atoms with Gasteiger partial charge >= 0.3 is 5.97 Å². The van der Waals surface area contributed by atoms with Crippen molar-refractivity contribution >= 4 is 5.97 Å². The van der Waals surface area contributed by atoms with E-state index in [0.717, 1.165) is 19.3 Å². The topological polar surface area (TPSA) is 47.6 Å². The minimum Gasteiger partial charge on any atom is -0.465 e. The molecule has 0 aromatic rings. The molecule has 0 saturated carbocycles. The van der Waals surface area contributed by atoms with E-state index in [1.165, 1.54) is 0 Å². The van der Waals surface area contributed by atoms with Crippen LogP contribution in [0.15, 0.2) is 0 Å². The largest absolute Gasteiger partial charge is 0.465 e. The number of carbonyl (C=O) groups is 1. The lowest BCUT2D eigenvalue weighted by Crippen LogP contribution is -2.54. The lowest BCUT2D eigenvalue weighted by molar-refractivity contribution is -0.152. The Bertz CT molecular complexity index is 233. The van der Waals surface area contributed by atoms with Crippen LogP contribution in [0.25, 0.3) is 0 Å². The number of carbonyl (C=O) groups excluding carboxylic acids is 1. The van der Waals surface area contributed by atoms with Crippen molar-refractivity contribution in [3.05, 3.63) is 0 Å². The molecule has 4 heteroatoms. The third-order valence-corrected chi connectivity index (χ3v) is 3.43. The molecule has 0 aromatic heterocycles. The second kappa shape index (κ2) is 9.34. The third kappa shape index (κ3) is 5.36. The van der Waals surface area contributed by atoms with Crippen LogP contribution in [0.3, 0.4) is 0 Å². The van der Waals surface area contributed by atoms with Crippen LogP contribution >= 0.6 is 0 Å². The molecule has 2 unspecified atom stereocenters. The number of rotatable bonds is 10. The first-order valence-corrected chi connectivity index (χ1v) is 6.97. The molecule has 2 atom stereocenters. The van der Waals surface area contributed by atoms with Crippen molar-refractivity contribution in [2.75, 3.05) is 26.9 Å². The summed E-state index contributed by atoms with van der Waals surface area (Å²) in [4.78, 5) is 12.2. The van der Waals surface area contributed by atoms with Gasteiger partial charge in [0.05, 0.1) is 13.2 Å². The molecule has 0 aliphatic carbocycles. The summed E-state index contributed by atoms with van der Waals surface area (Å²) < 4.78 is 10.3. The zero-order chi connectivity index (χ0) is 14.0. The quantitative estimate of drug-likeness (QED) is 0.483. The lowest BCUT2D eigenvalue weighted by Gasteiger charge is -2.33. The predicted molar refractivity (Wildman–Crippen MR) is 73.6 cm³/mol. The van der Waals surface area contributed by atoms with Crippen LogP contribution in [-0.4, -0.2) is 38.4 Å². The van der Waals surface area contributed by atoms with Crippen LogP contribution < -0.4 is 5.32 Å². The van der Waals surface area contributed by atoms with Gasteiger partial charge in [-0.05, 0) is 25.7 Å². The fourth-order valence-corrected chi connectivity index (χ4v) is 2.04. The maximum Gasteiger partial charge on any atom is 0.326 e. The first-order valence-electron chi connectivity index (χ1n) is 6.97. The van der Waals surface area contributed by atoms with Crippen LogP contribution in [0.5, 0.6) is 0 Å². The summed E-state index contributed by atoms with van der Waals surface area (Å²) in [5.74, 6) is 0.355. The predicted octanol–water partition coefficient (Wildman–Crippen LogP) is 2.37. The number of nitrogens with one attached hydrogen (secondary N) is 1. The number of hydrogen-bond acceptors (Lipinski definition) is 4. The Labute approximate surface area is 111 Å². The van der Waals surface area contributed by atoms with Crippen molar-refractivity contribution < 1.29 is 14.3 Å². The van der Waals surface area contributed by atoms with Gasteiger partial charge < -0.3 is 9.47 Å². The van der Waals surface area contributed by atoms with Crippen molar-refractivity contribution in [2.45, 2.75) is 52.5 Å². The zero-order valence-electron chi connectivity index (χ0n) is 12.5. The van der Waals surface area contributed by atoms with Crippen molar-refractivity contribution in [3.8, 4) is 0 Å². The lowest BCUT2D eigenvalue weighted by atomic mass is 9.84. The Hall–Kier alpha value is -0.610. The summed E-state index contributed by atoms with van der Waals surface area (Å²) in [7, 11) is 1.66. The summed E-state index contributed by atoms with van der Waals surface area (Å²) in [5, 5.41) is 3.33. The molecule has 4 nitrogen and oxygen atoms in total. The molecular formula is C14H29NO3. The average Bonchev–Trinajstić information content (AvgIpc) is 2.37. The van der Waals surface area contributed by atoms with E-state index in [-0.39, 0.29) is 5.97 Å². The summed E-state index contributed by atoms with van der Waals surface area (Å²) in [6.07, 6.45) is 2.61. The molecule has 0 saturated heterocycles. The minimum atomic E-state index is -0.566. The molecule has 108 valence electrons. The van der Waals surface area contributed by atoms with Crippen LogP contribution in [0.2, 0.25) is 0 Å². The number of methoxy groups -OCH3 is 1. The van der Waals surface area contributed by atoms with E-state index in [1.54, 1.807) is 7.11 Å². The van der Waals surface area contributed by atoms with Gasteiger partial charge in [0, 0.05) is 13.7 Å². The molecule has 0 heterocycles. The Morgan fingerprint density at radius 3 is 2.44 bits per heavy atom. The Morgan fingerprint density at radius 1 is 1.33 bits per heavy atom. The van der Waals surface area contributed by atoms with Gasteiger partial charge in [0.15, 0.2) is 0 Å². The summed E-state index contributed by atoms with van der Waals surface area (Å²) in [6, 6.07) is 0. The van der Waals surface area contributed by atoms with Gasteiger partial charge in [-0.1, -0.05) is 27.2 Å². The first-order chi connectivity index (χ1) is 8.56. The number of ether oxygens (including phenoxy) is 2. The molecule has 0 radical (unpaired) electrons. The highest BCUT2D eigenvalue weighted by Crippen LogP contribution is 2.24. The molecule has 0 amide bonds. The van der Waals surface area contributed by atoms with E-state index in [2.05, 4.69) is 19.2 Å². The van der Waals surface area contributed by atoms with Crippen LogP contribution in [-0.2, 0) is 14.3 Å². The van der Waals surface area contributed by atoms with Gasteiger partial charge in [0.25, 0.3) is 0 Å². The second-order valence-corrected chi connectivity index (χ2v) is 4.79. The molecule has 0 aliphatic rings. The van der Waals surface area contributed by atoms with Crippen molar-refractivity contribution in [1.82, 2.24) is 5.32 Å². The normalized spacial score (nSPS) is 16.1. The zero-order valence-corrected chi connectivity index (χ0v) is 12.5. The maximum atomic E-state index is 12.2. The third-order valence-electron chi connectivity index (χ3n) is 3.43. The monoisotopic (exact) mass is 259 g/mol. The summed E-state index contributed by atoms with van der Waals surface area (Å²) in [5.41, 5.74) is -0.566. The second-order valence-electron chi connectivity index (χ2n) is 4.79. The van der Waals surface area contributed by atoms with Gasteiger partial charge in [-0.25, -0.2) is 0 Å². The molecule has 0 fully saturated rings. The molecule has 0 rings (SSSR count). The summed E-state index contributed by atoms with van der Waals surface area (Å²) >= 11 is 0. The number of esters is 1. The fourth-order valence-electron chi connectivity index (χ4n) is 2.04. The molecular weight excluding hydrogens is 230 g/mol. The first kappa shape index (κ1) is 17.4. The highest BCUT2D eigenvalue weighted by Gasteiger charge is 2.38. The molecule has 0 bridgehead atoms. The van der Waals surface area contributed by atoms with E-state index in [0.29, 0.717) is 25.7 Å². The van der Waals surface area contributed by atoms with E-state index >= 15 is 0 Å². The fraction of sp³-hybridized carbons (Fsp3) is 0.929. The van der Waals surface area contributed by atoms with Gasteiger partial charge in [0.2, 0.25) is 0 Å². The van der Waals surface area contributed by atoms with Crippen LogP contribution in [0, 0.1) is 5.92 Å². The van der Waals surface area contributed by atoms with E-state index in [9.17, 15) is 4.79 Å². The van der Waals surface area contributed by atoms with Crippen LogP contribution in [0.4, 0.5) is 0 Å². The Morgan fingerprint density at radius 2 is 2.00 bits per heavy atom. The van der Waals surface area contributed by atoms with E-state index in [1.807, 2.05) is 13.8 Å². The molecule has 0 aliphatic heterocycles. The average molecular weight is 259 g/mol. The van der Waals surface area contributed by atoms with Gasteiger partial charge in [-0.3, -0.25) is 10.1 Å². The van der Waals surface area contributed by atoms with Crippen molar-refractivity contribution in [3.63, 3.8) is 0 Å². The SMILES string of the molecule is CCOC(=O)C(CC)(CC(C)CC)NCCOC. The minimum absolute atomic E-state index is 0.135. The highest BCUT2D eigenvalue weighted by molar-refractivity contribution is 5.80. The number of hydrogen-bond donors (Lipinski definition) is 1. The Kier molecular flexibility index (Phi) is 9.02. The van der Waals surface area contributed by atoms with Gasteiger partial charge in [-0.15, -0.1) is 0 Å². The van der Waals surface area contributed by atoms with E-state index in [4.69, 9.17) is 9.47 Å². The smallest absolute Gasteiger partial charge is 0.326 e. The van der Waals surface area contributed by atoms with E-state index < -0.39 is 5.54 Å².